The van der Waals surface area contributed by atoms with E-state index < -0.39 is 0 Å². The minimum Gasteiger partial charge on any atom is -0.461 e. The van der Waals surface area contributed by atoms with Crippen molar-refractivity contribution in [3.8, 4) is 0 Å². The number of carbonyl (C=O) groups excluding carboxylic acids is 1. The van der Waals surface area contributed by atoms with E-state index in [9.17, 15) is 4.79 Å². The Morgan fingerprint density at radius 2 is 2.12 bits per heavy atom. The van der Waals surface area contributed by atoms with Crippen LogP contribution in [0.3, 0.4) is 0 Å². The average molecular weight is 411 g/mol. The molecule has 140 valence electrons. The lowest BCUT2D eigenvalue weighted by Gasteiger charge is -2.46. The molecule has 0 amide bonds. The van der Waals surface area contributed by atoms with Gasteiger partial charge in [-0.2, -0.15) is 0 Å². The van der Waals surface area contributed by atoms with E-state index in [2.05, 4.69) is 19.9 Å². The summed E-state index contributed by atoms with van der Waals surface area (Å²) in [7, 11) is 0. The van der Waals surface area contributed by atoms with Crippen molar-refractivity contribution in [2.75, 3.05) is 5.75 Å². The third-order valence-electron chi connectivity index (χ3n) is 6.40. The second kappa shape index (κ2) is 7.07. The predicted octanol–water partition coefficient (Wildman–Crippen LogP) is 6.40. The lowest BCUT2D eigenvalue weighted by molar-refractivity contribution is -0.144. The van der Waals surface area contributed by atoms with Crippen LogP contribution in [0.1, 0.15) is 39.5 Å². The summed E-state index contributed by atoms with van der Waals surface area (Å²) in [5.74, 6) is 1.42. The zero-order valence-corrected chi connectivity index (χ0v) is 17.5. The number of esters is 1. The smallest absolute Gasteiger partial charge is 0.310 e. The number of rotatable bonds is 3. The summed E-state index contributed by atoms with van der Waals surface area (Å²) in [6.07, 6.45) is 7.18. The molecule has 1 aromatic rings. The fourth-order valence-electron chi connectivity index (χ4n) is 4.99. The van der Waals surface area contributed by atoms with Gasteiger partial charge in [0.15, 0.2) is 0 Å². The van der Waals surface area contributed by atoms with Gasteiger partial charge in [-0.3, -0.25) is 4.79 Å². The summed E-state index contributed by atoms with van der Waals surface area (Å²) < 4.78 is 5.81. The Labute approximate surface area is 169 Å². The highest BCUT2D eigenvalue weighted by atomic mass is 35.5. The lowest BCUT2D eigenvalue weighted by Crippen LogP contribution is -2.39. The van der Waals surface area contributed by atoms with Crippen LogP contribution in [0.2, 0.25) is 10.0 Å². The van der Waals surface area contributed by atoms with Gasteiger partial charge >= 0.3 is 5.97 Å². The Bertz CT molecular complexity index is 762. The molecule has 1 aliphatic heterocycles. The molecular weight excluding hydrogens is 387 g/mol. The van der Waals surface area contributed by atoms with Crippen molar-refractivity contribution in [2.24, 2.45) is 23.2 Å². The fourth-order valence-corrected chi connectivity index (χ4v) is 6.45. The Morgan fingerprint density at radius 1 is 1.31 bits per heavy atom. The summed E-state index contributed by atoms with van der Waals surface area (Å²) in [5.41, 5.74) is 1.78. The SMILES string of the molecule is CC1CCCC2(C)CC3OC(=O)C(CSc4ccc(Cl)c(Cl)c4)C3C=C12. The molecule has 5 atom stereocenters. The highest BCUT2D eigenvalue weighted by Crippen LogP contribution is 2.54. The summed E-state index contributed by atoms with van der Waals surface area (Å²) in [6, 6.07) is 5.63. The van der Waals surface area contributed by atoms with E-state index in [4.69, 9.17) is 27.9 Å². The molecule has 26 heavy (non-hydrogen) atoms. The fraction of sp³-hybridized carbons (Fsp3) is 0.571. The third-order valence-corrected chi connectivity index (χ3v) is 8.25. The molecule has 1 heterocycles. The second-order valence-corrected chi connectivity index (χ2v) is 10.1. The first-order valence-electron chi connectivity index (χ1n) is 9.38. The van der Waals surface area contributed by atoms with Crippen LogP contribution in [0, 0.1) is 23.2 Å². The molecule has 4 rings (SSSR count). The van der Waals surface area contributed by atoms with E-state index in [1.165, 1.54) is 19.3 Å². The highest BCUT2D eigenvalue weighted by molar-refractivity contribution is 7.99. The summed E-state index contributed by atoms with van der Waals surface area (Å²) >= 11 is 13.8. The maximum Gasteiger partial charge on any atom is 0.310 e. The van der Waals surface area contributed by atoms with E-state index in [1.54, 1.807) is 23.4 Å². The maximum atomic E-state index is 12.6. The van der Waals surface area contributed by atoms with Crippen molar-refractivity contribution in [3.63, 3.8) is 0 Å². The van der Waals surface area contributed by atoms with Crippen molar-refractivity contribution in [2.45, 2.75) is 50.5 Å². The van der Waals surface area contributed by atoms with Gasteiger partial charge in [-0.25, -0.2) is 0 Å². The van der Waals surface area contributed by atoms with Gasteiger partial charge in [0.05, 0.1) is 16.0 Å². The van der Waals surface area contributed by atoms with Crippen LogP contribution in [0.4, 0.5) is 0 Å². The van der Waals surface area contributed by atoms with Gasteiger partial charge < -0.3 is 4.74 Å². The molecule has 1 saturated carbocycles. The number of allylic oxidation sites excluding steroid dienone is 1. The van der Waals surface area contributed by atoms with Crippen LogP contribution < -0.4 is 0 Å². The monoisotopic (exact) mass is 410 g/mol. The third kappa shape index (κ3) is 3.31. The standard InChI is InChI=1S/C21H24Cl2O2S/c1-12-4-3-7-21(2)10-19-14(9-16(12)21)15(20(24)25-19)11-26-13-5-6-17(22)18(23)8-13/h5-6,8-9,12,14-15,19H,3-4,7,10-11H2,1-2H3. The average Bonchev–Trinajstić information content (AvgIpc) is 2.88. The first kappa shape index (κ1) is 18.7. The first-order valence-corrected chi connectivity index (χ1v) is 11.1. The van der Waals surface area contributed by atoms with E-state index in [0.29, 0.717) is 21.7 Å². The zero-order valence-electron chi connectivity index (χ0n) is 15.1. The van der Waals surface area contributed by atoms with Crippen molar-refractivity contribution in [1.82, 2.24) is 0 Å². The number of hydrogen-bond acceptors (Lipinski definition) is 3. The molecule has 5 unspecified atom stereocenters. The van der Waals surface area contributed by atoms with Gasteiger partial charge in [-0.1, -0.05) is 55.1 Å². The molecule has 0 aromatic heterocycles. The van der Waals surface area contributed by atoms with Gasteiger partial charge in [-0.15, -0.1) is 11.8 Å². The van der Waals surface area contributed by atoms with Gasteiger partial charge in [0.2, 0.25) is 0 Å². The van der Waals surface area contributed by atoms with Crippen molar-refractivity contribution in [3.05, 3.63) is 39.9 Å². The van der Waals surface area contributed by atoms with Crippen LogP contribution in [-0.4, -0.2) is 17.8 Å². The lowest BCUT2D eigenvalue weighted by atomic mass is 9.59. The number of carbonyl (C=O) groups is 1. The van der Waals surface area contributed by atoms with Gasteiger partial charge in [0.1, 0.15) is 6.10 Å². The van der Waals surface area contributed by atoms with Crippen LogP contribution in [-0.2, 0) is 9.53 Å². The Balaban J connectivity index is 1.53. The van der Waals surface area contributed by atoms with Crippen LogP contribution >= 0.6 is 35.0 Å². The number of ether oxygens (including phenoxy) is 1. The van der Waals surface area contributed by atoms with Crippen LogP contribution in [0.5, 0.6) is 0 Å². The van der Waals surface area contributed by atoms with Crippen molar-refractivity contribution >= 4 is 40.9 Å². The Hall–Kier alpha value is -0.640. The number of fused-ring (bicyclic) bond motifs is 2. The molecule has 2 fully saturated rings. The van der Waals surface area contributed by atoms with Crippen molar-refractivity contribution < 1.29 is 9.53 Å². The first-order chi connectivity index (χ1) is 12.4. The Kier molecular flexibility index (Phi) is 5.09. The molecule has 2 aliphatic carbocycles. The Morgan fingerprint density at radius 3 is 2.88 bits per heavy atom. The summed E-state index contributed by atoms with van der Waals surface area (Å²) in [6.45, 7) is 4.69. The van der Waals surface area contributed by atoms with E-state index in [1.807, 2.05) is 12.1 Å². The topological polar surface area (TPSA) is 26.3 Å². The summed E-state index contributed by atoms with van der Waals surface area (Å²) in [4.78, 5) is 13.6. The summed E-state index contributed by atoms with van der Waals surface area (Å²) in [5, 5.41) is 1.11. The molecule has 0 N–H and O–H groups in total. The van der Waals surface area contributed by atoms with E-state index >= 15 is 0 Å². The van der Waals surface area contributed by atoms with E-state index in [0.717, 1.165) is 11.3 Å². The molecule has 3 aliphatic rings. The molecule has 1 saturated heterocycles. The molecule has 0 radical (unpaired) electrons. The quantitative estimate of drug-likeness (QED) is 0.327. The van der Waals surface area contributed by atoms with E-state index in [-0.39, 0.29) is 29.3 Å². The number of benzene rings is 1. The second-order valence-electron chi connectivity index (χ2n) is 8.23. The van der Waals surface area contributed by atoms with Gasteiger partial charge in [0, 0.05) is 16.6 Å². The van der Waals surface area contributed by atoms with Gasteiger partial charge in [0.25, 0.3) is 0 Å². The van der Waals surface area contributed by atoms with Crippen LogP contribution in [0.15, 0.2) is 34.7 Å². The normalized spacial score (nSPS) is 36.2. The molecule has 1 aromatic carbocycles. The largest absolute Gasteiger partial charge is 0.461 e. The van der Waals surface area contributed by atoms with Gasteiger partial charge in [-0.05, 0) is 48.8 Å². The minimum atomic E-state index is -0.0781. The minimum absolute atomic E-state index is 0.0423. The molecule has 0 spiro atoms. The molecule has 0 bridgehead atoms. The molecule has 2 nitrogen and oxygen atoms in total. The van der Waals surface area contributed by atoms with Crippen LogP contribution in [0.25, 0.3) is 0 Å². The molecule has 5 heteroatoms. The number of halogens is 2. The van der Waals surface area contributed by atoms with Crippen molar-refractivity contribution in [1.29, 1.82) is 0 Å². The number of hydrogen-bond donors (Lipinski definition) is 0. The maximum absolute atomic E-state index is 12.6. The predicted molar refractivity (Wildman–Crippen MR) is 108 cm³/mol. The highest BCUT2D eigenvalue weighted by Gasteiger charge is 2.51. The number of thioether (sulfide) groups is 1. The molecular formula is C21H24Cl2O2S. The zero-order chi connectivity index (χ0) is 18.5.